The second-order valence-corrected chi connectivity index (χ2v) is 5.28. The topological polar surface area (TPSA) is 73.0 Å². The molecule has 0 fully saturated rings. The van der Waals surface area contributed by atoms with Crippen LogP contribution in [0.4, 0.5) is 16.0 Å². The molecule has 0 spiro atoms. The molecule has 0 saturated heterocycles. The van der Waals surface area contributed by atoms with Gasteiger partial charge in [-0.1, -0.05) is 30.3 Å². The minimum Gasteiger partial charge on any atom is -0.351 e. The van der Waals surface area contributed by atoms with Gasteiger partial charge in [-0.3, -0.25) is 10.1 Å². The van der Waals surface area contributed by atoms with Crippen molar-refractivity contribution in [3.63, 3.8) is 0 Å². The van der Waals surface area contributed by atoms with E-state index in [0.717, 1.165) is 5.69 Å². The van der Waals surface area contributed by atoms with Gasteiger partial charge in [-0.25, -0.2) is 9.37 Å². The van der Waals surface area contributed by atoms with Gasteiger partial charge in [-0.15, -0.1) is 0 Å². The van der Waals surface area contributed by atoms with Crippen LogP contribution in [0.25, 0.3) is 11.3 Å². The molecule has 1 heterocycles. The van der Waals surface area contributed by atoms with Crippen LogP contribution >= 0.6 is 0 Å². The second-order valence-electron chi connectivity index (χ2n) is 5.28. The van der Waals surface area contributed by atoms with Gasteiger partial charge in [0.15, 0.2) is 0 Å². The first-order chi connectivity index (χ1) is 11.6. The summed E-state index contributed by atoms with van der Waals surface area (Å²) < 4.78 is 15.4. The van der Waals surface area contributed by atoms with Crippen molar-refractivity contribution in [3.8, 4) is 11.3 Å². The molecule has 7 heteroatoms. The maximum Gasteiger partial charge on any atom is 0.270 e. The minimum atomic E-state index is -0.433. The number of aromatic nitrogens is 2. The smallest absolute Gasteiger partial charge is 0.270 e. The average Bonchev–Trinajstić information content (AvgIpc) is 2.95. The molecular weight excluding hydrogens is 311 g/mol. The molecule has 0 unspecified atom stereocenters. The molecule has 0 bridgehead atoms. The van der Waals surface area contributed by atoms with Crippen LogP contribution in [0, 0.1) is 15.9 Å². The zero-order valence-corrected chi connectivity index (χ0v) is 12.9. The summed E-state index contributed by atoms with van der Waals surface area (Å²) in [7, 11) is 1.80. The van der Waals surface area contributed by atoms with Crippen molar-refractivity contribution in [2.45, 2.75) is 6.54 Å². The summed E-state index contributed by atoms with van der Waals surface area (Å²) in [6, 6.07) is 12.9. The second kappa shape index (κ2) is 6.49. The van der Waals surface area contributed by atoms with E-state index in [1.54, 1.807) is 48.1 Å². The molecule has 0 amide bonds. The Labute approximate surface area is 137 Å². The normalized spacial score (nSPS) is 10.6. The highest BCUT2D eigenvalue weighted by Gasteiger charge is 2.12. The summed E-state index contributed by atoms with van der Waals surface area (Å²) in [6.07, 6.45) is 1.63. The lowest BCUT2D eigenvalue weighted by atomic mass is 10.1. The molecule has 0 aliphatic heterocycles. The predicted octanol–water partition coefficient (Wildman–Crippen LogP) is 3.75. The standard InChI is InChI=1S/C17H15FN4O2/c1-21-16(12-6-4-7-14(9-12)22(23)24)11-20-17(21)19-10-13-5-2-3-8-15(13)18/h2-9,11H,10H2,1H3,(H,19,20). The summed E-state index contributed by atoms with van der Waals surface area (Å²) in [6.45, 7) is 0.298. The van der Waals surface area contributed by atoms with E-state index in [4.69, 9.17) is 0 Å². The van der Waals surface area contributed by atoms with Gasteiger partial charge in [0.2, 0.25) is 5.95 Å². The van der Waals surface area contributed by atoms with Crippen LogP contribution in [-0.2, 0) is 13.6 Å². The van der Waals surface area contributed by atoms with Crippen molar-refractivity contribution < 1.29 is 9.31 Å². The molecule has 0 atom stereocenters. The van der Waals surface area contributed by atoms with Gasteiger partial charge in [0, 0.05) is 36.9 Å². The fourth-order valence-electron chi connectivity index (χ4n) is 2.44. The lowest BCUT2D eigenvalue weighted by Crippen LogP contribution is -2.07. The quantitative estimate of drug-likeness (QED) is 0.572. The van der Waals surface area contributed by atoms with Gasteiger partial charge in [-0.05, 0) is 6.07 Å². The Kier molecular flexibility index (Phi) is 4.24. The Morgan fingerprint density at radius 1 is 1.25 bits per heavy atom. The SMILES string of the molecule is Cn1c(-c2cccc([N+](=O)[O-])c2)cnc1NCc1ccccc1F. The summed E-state index contributed by atoms with van der Waals surface area (Å²) >= 11 is 0. The monoisotopic (exact) mass is 326 g/mol. The Hall–Kier alpha value is -3.22. The van der Waals surface area contributed by atoms with Crippen LogP contribution < -0.4 is 5.32 Å². The molecule has 2 aromatic carbocycles. The van der Waals surface area contributed by atoms with E-state index < -0.39 is 4.92 Å². The number of hydrogen-bond acceptors (Lipinski definition) is 4. The highest BCUT2D eigenvalue weighted by molar-refractivity contribution is 5.64. The van der Waals surface area contributed by atoms with Crippen molar-refractivity contribution >= 4 is 11.6 Å². The first-order valence-electron chi connectivity index (χ1n) is 7.30. The Balaban J connectivity index is 1.83. The Bertz CT molecular complexity index is 892. The molecule has 6 nitrogen and oxygen atoms in total. The number of non-ortho nitro benzene ring substituents is 1. The lowest BCUT2D eigenvalue weighted by molar-refractivity contribution is -0.384. The number of nitro groups is 1. The van der Waals surface area contributed by atoms with Gasteiger partial charge in [0.1, 0.15) is 5.82 Å². The lowest BCUT2D eigenvalue weighted by Gasteiger charge is -2.09. The van der Waals surface area contributed by atoms with Crippen LogP contribution in [0.15, 0.2) is 54.7 Å². The van der Waals surface area contributed by atoms with Crippen LogP contribution in [0.2, 0.25) is 0 Å². The maximum atomic E-state index is 13.7. The van der Waals surface area contributed by atoms with Crippen molar-refractivity contribution in [2.24, 2.45) is 7.05 Å². The number of imidazole rings is 1. The predicted molar refractivity (Wildman–Crippen MR) is 89.0 cm³/mol. The summed E-state index contributed by atoms with van der Waals surface area (Å²) in [5, 5.41) is 14.0. The highest BCUT2D eigenvalue weighted by atomic mass is 19.1. The van der Waals surface area contributed by atoms with Crippen molar-refractivity contribution in [2.75, 3.05) is 5.32 Å². The van der Waals surface area contributed by atoms with E-state index in [2.05, 4.69) is 10.3 Å². The summed E-state index contributed by atoms with van der Waals surface area (Å²) in [5.41, 5.74) is 1.99. The third-order valence-corrected chi connectivity index (χ3v) is 3.74. The Morgan fingerprint density at radius 3 is 2.79 bits per heavy atom. The molecule has 0 aliphatic rings. The molecule has 24 heavy (non-hydrogen) atoms. The molecule has 0 aliphatic carbocycles. The highest BCUT2D eigenvalue weighted by Crippen LogP contribution is 2.25. The number of halogens is 1. The molecule has 122 valence electrons. The zero-order valence-electron chi connectivity index (χ0n) is 12.9. The van der Waals surface area contributed by atoms with Gasteiger partial charge < -0.3 is 9.88 Å². The van der Waals surface area contributed by atoms with E-state index in [1.807, 2.05) is 0 Å². The number of anilines is 1. The van der Waals surface area contributed by atoms with Crippen molar-refractivity contribution in [3.05, 3.63) is 76.2 Å². The molecule has 0 saturated carbocycles. The number of nitro benzene ring substituents is 1. The van der Waals surface area contributed by atoms with Crippen molar-refractivity contribution in [1.82, 2.24) is 9.55 Å². The third kappa shape index (κ3) is 3.10. The van der Waals surface area contributed by atoms with Gasteiger partial charge in [0.25, 0.3) is 5.69 Å². The summed E-state index contributed by atoms with van der Waals surface area (Å²) in [5.74, 6) is 0.276. The first-order valence-corrected chi connectivity index (χ1v) is 7.30. The fraction of sp³-hybridized carbons (Fsp3) is 0.118. The number of nitrogens with one attached hydrogen (secondary N) is 1. The maximum absolute atomic E-state index is 13.7. The molecule has 1 aromatic heterocycles. The number of nitrogens with zero attached hydrogens (tertiary/aromatic N) is 3. The fourth-order valence-corrected chi connectivity index (χ4v) is 2.44. The van der Waals surface area contributed by atoms with Crippen LogP contribution in [0.5, 0.6) is 0 Å². The van der Waals surface area contributed by atoms with E-state index in [9.17, 15) is 14.5 Å². The molecule has 3 rings (SSSR count). The Morgan fingerprint density at radius 2 is 2.04 bits per heavy atom. The minimum absolute atomic E-state index is 0.0227. The molecule has 3 aromatic rings. The molecule has 0 radical (unpaired) electrons. The van der Waals surface area contributed by atoms with Crippen molar-refractivity contribution in [1.29, 1.82) is 0 Å². The van der Waals surface area contributed by atoms with E-state index >= 15 is 0 Å². The van der Waals surface area contributed by atoms with E-state index in [-0.39, 0.29) is 11.5 Å². The van der Waals surface area contributed by atoms with Gasteiger partial charge >= 0.3 is 0 Å². The third-order valence-electron chi connectivity index (χ3n) is 3.74. The number of benzene rings is 2. The number of rotatable bonds is 5. The van der Waals surface area contributed by atoms with Crippen LogP contribution in [0.3, 0.4) is 0 Å². The molecule has 1 N–H and O–H groups in total. The van der Waals surface area contributed by atoms with Crippen LogP contribution in [0.1, 0.15) is 5.56 Å². The average molecular weight is 326 g/mol. The van der Waals surface area contributed by atoms with E-state index in [0.29, 0.717) is 23.6 Å². The van der Waals surface area contributed by atoms with Gasteiger partial charge in [0.05, 0.1) is 16.8 Å². The molecular formula is C17H15FN4O2. The van der Waals surface area contributed by atoms with Gasteiger partial charge in [-0.2, -0.15) is 0 Å². The van der Waals surface area contributed by atoms with E-state index in [1.165, 1.54) is 18.2 Å². The summed E-state index contributed by atoms with van der Waals surface area (Å²) in [4.78, 5) is 14.7. The van der Waals surface area contributed by atoms with Crippen LogP contribution in [-0.4, -0.2) is 14.5 Å². The zero-order chi connectivity index (χ0) is 17.1. The largest absolute Gasteiger partial charge is 0.351 e. The number of hydrogen-bond donors (Lipinski definition) is 1. The first kappa shape index (κ1) is 15.7.